The maximum Gasteiger partial charge on any atom is 0.416 e. The van der Waals surface area contributed by atoms with Gasteiger partial charge in [0, 0.05) is 17.9 Å². The van der Waals surface area contributed by atoms with Gasteiger partial charge >= 0.3 is 6.18 Å². The monoisotopic (exact) mass is 362 g/mol. The van der Waals surface area contributed by atoms with Gasteiger partial charge in [-0.2, -0.15) is 13.2 Å². The second kappa shape index (κ2) is 6.92. The third-order valence-electron chi connectivity index (χ3n) is 5.19. The average molecular weight is 363 g/mol. The molecule has 1 unspecified atom stereocenters. The summed E-state index contributed by atoms with van der Waals surface area (Å²) in [5.41, 5.74) is -0.277. The van der Waals surface area contributed by atoms with E-state index in [-0.39, 0.29) is 29.6 Å². The molecule has 7 heteroatoms. The van der Waals surface area contributed by atoms with Crippen LogP contribution in [0.15, 0.2) is 24.3 Å². The second-order valence-corrected chi connectivity index (χ2v) is 6.78. The molecule has 1 amide bonds. The minimum atomic E-state index is -4.33. The highest BCUT2D eigenvalue weighted by Crippen LogP contribution is 2.48. The molecule has 0 spiro atoms. The fourth-order valence-corrected chi connectivity index (χ4v) is 3.04. The third-order valence-corrected chi connectivity index (χ3v) is 5.19. The Balaban J connectivity index is 0.00000208. The van der Waals surface area contributed by atoms with Gasteiger partial charge in [-0.1, -0.05) is 25.1 Å². The van der Waals surface area contributed by atoms with E-state index in [1.54, 1.807) is 6.07 Å². The summed E-state index contributed by atoms with van der Waals surface area (Å²) in [6.45, 7) is 4.03. The van der Waals surface area contributed by atoms with Crippen LogP contribution in [0.2, 0.25) is 0 Å². The van der Waals surface area contributed by atoms with Crippen LogP contribution in [0.25, 0.3) is 0 Å². The number of benzene rings is 1. The van der Waals surface area contributed by atoms with Gasteiger partial charge in [0.15, 0.2) is 0 Å². The van der Waals surface area contributed by atoms with E-state index in [9.17, 15) is 18.0 Å². The van der Waals surface area contributed by atoms with Crippen molar-refractivity contribution < 1.29 is 18.0 Å². The van der Waals surface area contributed by atoms with Crippen LogP contribution in [0.4, 0.5) is 13.2 Å². The summed E-state index contributed by atoms with van der Waals surface area (Å²) in [6, 6.07) is 5.48. The molecule has 3 rings (SSSR count). The lowest BCUT2D eigenvalue weighted by atomic mass is 9.88. The first kappa shape index (κ1) is 19.1. The van der Waals surface area contributed by atoms with Crippen molar-refractivity contribution in [3.63, 3.8) is 0 Å². The first-order valence-corrected chi connectivity index (χ1v) is 7.98. The van der Waals surface area contributed by atoms with Gasteiger partial charge in [0.05, 0.1) is 5.56 Å². The predicted molar refractivity (Wildman–Crippen MR) is 88.1 cm³/mol. The van der Waals surface area contributed by atoms with Gasteiger partial charge in [0.25, 0.3) is 0 Å². The van der Waals surface area contributed by atoms with Crippen LogP contribution in [0.1, 0.15) is 30.9 Å². The first-order chi connectivity index (χ1) is 10.8. The molecule has 0 radical (unpaired) electrons. The van der Waals surface area contributed by atoms with Crippen LogP contribution in [0.5, 0.6) is 0 Å². The van der Waals surface area contributed by atoms with Crippen molar-refractivity contribution >= 4 is 18.3 Å². The van der Waals surface area contributed by atoms with Crippen molar-refractivity contribution in [1.82, 2.24) is 10.6 Å². The van der Waals surface area contributed by atoms with Crippen LogP contribution < -0.4 is 10.6 Å². The van der Waals surface area contributed by atoms with Gasteiger partial charge in [0.1, 0.15) is 0 Å². The lowest BCUT2D eigenvalue weighted by Gasteiger charge is -2.32. The minimum absolute atomic E-state index is 0. The molecule has 1 heterocycles. The lowest BCUT2D eigenvalue weighted by Crippen LogP contribution is -2.50. The molecule has 1 saturated carbocycles. The standard InChI is InChI=1S/C17H21F3N2O.ClH/c1-11(12-8-21-9-12)15(23)22-10-16(5-6-16)13-3-2-4-14(7-13)17(18,19)20;/h2-4,7,11-12,21H,5-6,8-10H2,1H3,(H,22,23);1H. The Kier molecular flexibility index (Phi) is 5.50. The van der Waals surface area contributed by atoms with Gasteiger partial charge in [-0.25, -0.2) is 0 Å². The van der Waals surface area contributed by atoms with Crippen LogP contribution in [0.3, 0.4) is 0 Å². The van der Waals surface area contributed by atoms with Crippen molar-refractivity contribution in [1.29, 1.82) is 0 Å². The summed E-state index contributed by atoms with van der Waals surface area (Å²) in [6.07, 6.45) is -2.71. The number of rotatable bonds is 5. The fourth-order valence-electron chi connectivity index (χ4n) is 3.04. The molecule has 1 aromatic carbocycles. The Morgan fingerprint density at radius 3 is 2.54 bits per heavy atom. The lowest BCUT2D eigenvalue weighted by molar-refractivity contribution is -0.137. The Morgan fingerprint density at radius 1 is 1.38 bits per heavy atom. The first-order valence-electron chi connectivity index (χ1n) is 7.98. The van der Waals surface area contributed by atoms with Gasteiger partial charge in [-0.05, 0) is 43.5 Å². The van der Waals surface area contributed by atoms with Crippen LogP contribution in [0, 0.1) is 11.8 Å². The van der Waals surface area contributed by atoms with Gasteiger partial charge in [0.2, 0.25) is 5.91 Å². The zero-order valence-corrected chi connectivity index (χ0v) is 14.3. The molecule has 1 saturated heterocycles. The number of halogens is 4. The Hall–Kier alpha value is -1.27. The number of carbonyl (C=O) groups is 1. The quantitative estimate of drug-likeness (QED) is 0.845. The fraction of sp³-hybridized carbons (Fsp3) is 0.588. The van der Waals surface area contributed by atoms with Crippen molar-refractivity contribution in [2.24, 2.45) is 11.8 Å². The van der Waals surface area contributed by atoms with E-state index in [0.29, 0.717) is 18.0 Å². The molecule has 2 N–H and O–H groups in total. The van der Waals surface area contributed by atoms with E-state index in [0.717, 1.165) is 32.0 Å². The number of nitrogens with one attached hydrogen (secondary N) is 2. The van der Waals surface area contributed by atoms with Crippen molar-refractivity contribution in [2.75, 3.05) is 19.6 Å². The molecule has 2 aliphatic rings. The third kappa shape index (κ3) is 3.86. The molecule has 1 aromatic rings. The molecule has 3 nitrogen and oxygen atoms in total. The highest BCUT2D eigenvalue weighted by Gasteiger charge is 2.45. The molecule has 0 bridgehead atoms. The van der Waals surface area contributed by atoms with Gasteiger partial charge < -0.3 is 10.6 Å². The van der Waals surface area contributed by atoms with Gasteiger partial charge in [-0.3, -0.25) is 4.79 Å². The van der Waals surface area contributed by atoms with Crippen molar-refractivity contribution in [3.05, 3.63) is 35.4 Å². The van der Waals surface area contributed by atoms with Gasteiger partial charge in [-0.15, -0.1) is 12.4 Å². The van der Waals surface area contributed by atoms with E-state index < -0.39 is 11.7 Å². The van der Waals surface area contributed by atoms with E-state index in [4.69, 9.17) is 0 Å². The number of hydrogen-bond acceptors (Lipinski definition) is 2. The van der Waals surface area contributed by atoms with Crippen LogP contribution >= 0.6 is 12.4 Å². The zero-order valence-electron chi connectivity index (χ0n) is 13.5. The molecular weight excluding hydrogens is 341 g/mol. The number of amides is 1. The molecule has 1 aliphatic heterocycles. The molecule has 2 fully saturated rings. The molecule has 24 heavy (non-hydrogen) atoms. The van der Waals surface area contributed by atoms with Crippen LogP contribution in [-0.4, -0.2) is 25.5 Å². The SMILES string of the molecule is CC(C(=O)NCC1(c2cccc(C(F)(F)F)c2)CC1)C1CNC1.Cl. The topological polar surface area (TPSA) is 41.1 Å². The summed E-state index contributed by atoms with van der Waals surface area (Å²) >= 11 is 0. The van der Waals surface area contributed by atoms with E-state index in [1.165, 1.54) is 12.1 Å². The molecule has 134 valence electrons. The molecule has 1 atom stereocenters. The van der Waals surface area contributed by atoms with E-state index in [1.807, 2.05) is 6.92 Å². The number of alkyl halides is 3. The van der Waals surface area contributed by atoms with Crippen LogP contribution in [-0.2, 0) is 16.4 Å². The van der Waals surface area contributed by atoms with Crippen molar-refractivity contribution in [2.45, 2.75) is 31.4 Å². The normalized spacial score (nSPS) is 20.5. The summed E-state index contributed by atoms with van der Waals surface area (Å²) in [5, 5.41) is 6.08. The molecular formula is C17H22ClF3N2O. The summed E-state index contributed by atoms with van der Waals surface area (Å²) in [7, 11) is 0. The maximum atomic E-state index is 12.9. The summed E-state index contributed by atoms with van der Waals surface area (Å²) in [4.78, 5) is 12.2. The Bertz CT molecular complexity index is 598. The average Bonchev–Trinajstić information content (AvgIpc) is 3.23. The highest BCUT2D eigenvalue weighted by atomic mass is 35.5. The smallest absolute Gasteiger partial charge is 0.355 e. The van der Waals surface area contributed by atoms with E-state index in [2.05, 4.69) is 10.6 Å². The Morgan fingerprint density at radius 2 is 2.04 bits per heavy atom. The largest absolute Gasteiger partial charge is 0.416 e. The minimum Gasteiger partial charge on any atom is -0.355 e. The van der Waals surface area contributed by atoms with E-state index >= 15 is 0 Å². The predicted octanol–water partition coefficient (Wildman–Crippen LogP) is 3.13. The van der Waals surface area contributed by atoms with Crippen molar-refractivity contribution in [3.8, 4) is 0 Å². The molecule has 1 aliphatic carbocycles. The number of hydrogen-bond donors (Lipinski definition) is 2. The highest BCUT2D eigenvalue weighted by molar-refractivity contribution is 5.85. The maximum absolute atomic E-state index is 12.9. The zero-order chi connectivity index (χ0) is 16.7. The Labute approximate surface area is 145 Å². The summed E-state index contributed by atoms with van der Waals surface area (Å²) in [5.74, 6) is 0.294. The molecule has 0 aromatic heterocycles. The number of carbonyl (C=O) groups excluding carboxylic acids is 1. The second-order valence-electron chi connectivity index (χ2n) is 6.78. The summed E-state index contributed by atoms with van der Waals surface area (Å²) < 4.78 is 38.6.